The summed E-state index contributed by atoms with van der Waals surface area (Å²) in [6, 6.07) is 9.28. The van der Waals surface area contributed by atoms with Gasteiger partial charge in [-0.3, -0.25) is 0 Å². The largest absolute Gasteiger partial charge is 0.335 e. The van der Waals surface area contributed by atoms with Gasteiger partial charge in [-0.05, 0) is 38.8 Å². The first-order chi connectivity index (χ1) is 10.2. The molecular weight excluding hydrogens is 258 g/mol. The van der Waals surface area contributed by atoms with Crippen molar-refractivity contribution in [2.75, 3.05) is 7.05 Å². The maximum atomic E-state index is 4.51. The molecular formula is C18H27N3. The van der Waals surface area contributed by atoms with Gasteiger partial charge in [0.25, 0.3) is 0 Å². The van der Waals surface area contributed by atoms with Crippen LogP contribution in [0.4, 0.5) is 0 Å². The van der Waals surface area contributed by atoms with Gasteiger partial charge in [-0.1, -0.05) is 36.8 Å². The van der Waals surface area contributed by atoms with Crippen molar-refractivity contribution >= 4 is 0 Å². The number of nitrogens with zero attached hydrogens (tertiary/aromatic N) is 2. The summed E-state index contributed by atoms with van der Waals surface area (Å²) in [6.45, 7) is 5.42. The molecule has 21 heavy (non-hydrogen) atoms. The van der Waals surface area contributed by atoms with Gasteiger partial charge in [-0.25, -0.2) is 4.98 Å². The van der Waals surface area contributed by atoms with Gasteiger partial charge in [0.1, 0.15) is 5.82 Å². The van der Waals surface area contributed by atoms with E-state index in [-0.39, 0.29) is 0 Å². The number of hydrogen-bond donors (Lipinski definition) is 1. The highest BCUT2D eigenvalue weighted by Gasteiger charge is 2.11. The highest BCUT2D eigenvalue weighted by Crippen LogP contribution is 2.11. The molecule has 0 saturated heterocycles. The predicted molar refractivity (Wildman–Crippen MR) is 88.6 cm³/mol. The van der Waals surface area contributed by atoms with E-state index in [4.69, 9.17) is 0 Å². The van der Waals surface area contributed by atoms with Crippen molar-refractivity contribution in [3.05, 3.63) is 53.6 Å². The fourth-order valence-corrected chi connectivity index (χ4v) is 2.75. The molecule has 3 nitrogen and oxygen atoms in total. The number of rotatable bonds is 8. The van der Waals surface area contributed by atoms with Crippen LogP contribution in [-0.2, 0) is 19.4 Å². The smallest absolute Gasteiger partial charge is 0.110 e. The molecule has 2 aromatic rings. The Balaban J connectivity index is 1.92. The van der Waals surface area contributed by atoms with E-state index in [1.807, 2.05) is 13.2 Å². The lowest BCUT2D eigenvalue weighted by molar-refractivity contribution is 0.493. The highest BCUT2D eigenvalue weighted by molar-refractivity contribution is 5.22. The summed E-state index contributed by atoms with van der Waals surface area (Å²) in [6.07, 6.45) is 8.40. The third kappa shape index (κ3) is 4.71. The molecule has 1 aromatic carbocycles. The van der Waals surface area contributed by atoms with Crippen LogP contribution in [0, 0.1) is 6.92 Å². The van der Waals surface area contributed by atoms with Gasteiger partial charge in [0, 0.05) is 31.4 Å². The molecule has 0 fully saturated rings. The number of hydrogen-bond acceptors (Lipinski definition) is 2. The Kier molecular flexibility index (Phi) is 6.00. The summed E-state index contributed by atoms with van der Waals surface area (Å²) in [4.78, 5) is 4.51. The quantitative estimate of drug-likeness (QED) is 0.806. The van der Waals surface area contributed by atoms with Crippen LogP contribution in [0.2, 0.25) is 0 Å². The minimum absolute atomic E-state index is 0.475. The van der Waals surface area contributed by atoms with Crippen molar-refractivity contribution in [3.8, 4) is 0 Å². The maximum absolute atomic E-state index is 4.51. The van der Waals surface area contributed by atoms with Gasteiger partial charge in [0.2, 0.25) is 0 Å². The van der Waals surface area contributed by atoms with E-state index < -0.39 is 0 Å². The molecule has 1 unspecified atom stereocenters. The van der Waals surface area contributed by atoms with E-state index in [0.29, 0.717) is 6.04 Å². The van der Waals surface area contributed by atoms with Crippen molar-refractivity contribution in [2.45, 2.75) is 52.1 Å². The molecule has 0 saturated carbocycles. The Labute approximate surface area is 128 Å². The summed E-state index contributed by atoms with van der Waals surface area (Å²) in [5, 5.41) is 3.44. The van der Waals surface area contributed by atoms with Crippen molar-refractivity contribution in [1.29, 1.82) is 0 Å². The van der Waals surface area contributed by atoms with Crippen LogP contribution < -0.4 is 5.32 Å². The van der Waals surface area contributed by atoms with Crippen LogP contribution in [0.5, 0.6) is 0 Å². The van der Waals surface area contributed by atoms with Gasteiger partial charge >= 0.3 is 0 Å². The number of aryl methyl sites for hydroxylation is 3. The number of aromatic nitrogens is 2. The van der Waals surface area contributed by atoms with E-state index in [1.165, 1.54) is 17.0 Å². The molecule has 2 rings (SSSR count). The molecule has 0 radical (unpaired) electrons. The average molecular weight is 285 g/mol. The summed E-state index contributed by atoms with van der Waals surface area (Å²) < 4.78 is 2.27. The fraction of sp³-hybridized carbons (Fsp3) is 0.500. The van der Waals surface area contributed by atoms with Gasteiger partial charge < -0.3 is 9.88 Å². The summed E-state index contributed by atoms with van der Waals surface area (Å²) in [5.41, 5.74) is 2.76. The predicted octanol–water partition coefficient (Wildman–Crippen LogP) is 3.36. The maximum Gasteiger partial charge on any atom is 0.110 e. The van der Waals surface area contributed by atoms with Crippen molar-refractivity contribution in [1.82, 2.24) is 14.9 Å². The minimum atomic E-state index is 0.475. The number of imidazole rings is 1. The van der Waals surface area contributed by atoms with Crippen LogP contribution in [0.3, 0.4) is 0 Å². The first kappa shape index (κ1) is 15.8. The number of nitrogens with one attached hydrogen (secondary N) is 1. The lowest BCUT2D eigenvalue weighted by atomic mass is 10.0. The van der Waals surface area contributed by atoms with Crippen molar-refractivity contribution in [3.63, 3.8) is 0 Å². The van der Waals surface area contributed by atoms with Gasteiger partial charge in [0.05, 0.1) is 0 Å². The van der Waals surface area contributed by atoms with E-state index in [1.54, 1.807) is 0 Å². The van der Waals surface area contributed by atoms with Crippen LogP contribution in [0.25, 0.3) is 0 Å². The summed E-state index contributed by atoms with van der Waals surface area (Å²) in [5.74, 6) is 1.19. The Morgan fingerprint density at radius 3 is 2.90 bits per heavy atom. The van der Waals surface area contributed by atoms with Gasteiger partial charge in [-0.15, -0.1) is 0 Å². The molecule has 1 N–H and O–H groups in total. The van der Waals surface area contributed by atoms with Crippen molar-refractivity contribution < 1.29 is 0 Å². The molecule has 1 heterocycles. The molecule has 1 atom stereocenters. The SMILES string of the molecule is CCCn1ccnc1CC(CCc1cccc(C)c1)NC. The third-order valence-electron chi connectivity index (χ3n) is 3.97. The second kappa shape index (κ2) is 7.99. The lowest BCUT2D eigenvalue weighted by Crippen LogP contribution is -2.29. The Hall–Kier alpha value is -1.61. The molecule has 1 aromatic heterocycles. The first-order valence-corrected chi connectivity index (χ1v) is 7.95. The number of benzene rings is 1. The van der Waals surface area contributed by atoms with Crippen molar-refractivity contribution in [2.24, 2.45) is 0 Å². The molecule has 0 amide bonds. The van der Waals surface area contributed by atoms with Gasteiger partial charge in [-0.2, -0.15) is 0 Å². The zero-order chi connectivity index (χ0) is 15.1. The van der Waals surface area contributed by atoms with E-state index in [0.717, 1.165) is 32.2 Å². The Bertz CT molecular complexity index is 545. The number of likely N-dealkylation sites (N-methyl/N-ethyl adjacent to an activating group) is 1. The minimum Gasteiger partial charge on any atom is -0.335 e. The Morgan fingerprint density at radius 2 is 2.19 bits per heavy atom. The molecule has 0 aliphatic heterocycles. The zero-order valence-electron chi connectivity index (χ0n) is 13.5. The normalized spacial score (nSPS) is 12.5. The van der Waals surface area contributed by atoms with E-state index >= 15 is 0 Å². The van der Waals surface area contributed by atoms with Crippen LogP contribution in [-0.4, -0.2) is 22.6 Å². The standard InChI is InChI=1S/C18H27N3/c1-4-11-21-12-10-20-18(21)14-17(19-3)9-8-16-7-5-6-15(2)13-16/h5-7,10,12-13,17,19H,4,8-9,11,14H2,1-3H3. The second-order valence-corrected chi connectivity index (χ2v) is 5.75. The van der Waals surface area contributed by atoms with Crippen LogP contribution in [0.1, 0.15) is 36.7 Å². The Morgan fingerprint density at radius 1 is 1.33 bits per heavy atom. The molecule has 114 valence electrons. The fourth-order valence-electron chi connectivity index (χ4n) is 2.75. The monoisotopic (exact) mass is 285 g/mol. The molecule has 0 spiro atoms. The third-order valence-corrected chi connectivity index (χ3v) is 3.97. The lowest BCUT2D eigenvalue weighted by Gasteiger charge is -2.17. The van der Waals surface area contributed by atoms with E-state index in [2.05, 4.69) is 59.2 Å². The highest BCUT2D eigenvalue weighted by atomic mass is 15.1. The van der Waals surface area contributed by atoms with Crippen LogP contribution >= 0.6 is 0 Å². The summed E-state index contributed by atoms with van der Waals surface area (Å²) >= 11 is 0. The first-order valence-electron chi connectivity index (χ1n) is 7.95. The van der Waals surface area contributed by atoms with E-state index in [9.17, 15) is 0 Å². The second-order valence-electron chi connectivity index (χ2n) is 5.75. The average Bonchev–Trinajstić information content (AvgIpc) is 2.91. The molecule has 0 bridgehead atoms. The molecule has 0 aliphatic rings. The topological polar surface area (TPSA) is 29.9 Å². The zero-order valence-corrected chi connectivity index (χ0v) is 13.5. The van der Waals surface area contributed by atoms with Crippen LogP contribution in [0.15, 0.2) is 36.7 Å². The molecule has 3 heteroatoms. The molecule has 0 aliphatic carbocycles. The van der Waals surface area contributed by atoms with Gasteiger partial charge in [0.15, 0.2) is 0 Å². The summed E-state index contributed by atoms with van der Waals surface area (Å²) in [7, 11) is 2.05.